The Morgan fingerprint density at radius 2 is 1.48 bits per heavy atom. The SMILES string of the molecule is Nc1ncnc2c1ncn2C1OC2CNS(=O)(=O)OC3C(F)C(COP(=O)(O)OC2C1F)OC3n1cnc2c(N)ncnc21. The highest BCUT2D eigenvalue weighted by molar-refractivity contribution is 7.84. The molecule has 3 fully saturated rings. The third kappa shape index (κ3) is 4.95. The van der Waals surface area contributed by atoms with Gasteiger partial charge >= 0.3 is 18.1 Å². The quantitative estimate of drug-likeness (QED) is 0.188. The van der Waals surface area contributed by atoms with E-state index in [1.165, 1.54) is 4.57 Å². The van der Waals surface area contributed by atoms with Gasteiger partial charge in [-0.2, -0.15) is 13.1 Å². The highest BCUT2D eigenvalue weighted by atomic mass is 32.2. The number of nitrogens with two attached hydrogens (primary N) is 2. The number of nitrogen functional groups attached to an aromatic ring is 2. The molecule has 0 amide bonds. The Morgan fingerprint density at radius 3 is 2.11 bits per heavy atom. The maximum atomic E-state index is 15.9. The normalized spacial score (nSPS) is 36.1. The van der Waals surface area contributed by atoms with E-state index in [1.54, 1.807) is 0 Å². The average Bonchev–Trinajstić information content (AvgIpc) is 3.73. The van der Waals surface area contributed by atoms with Gasteiger partial charge in [-0.25, -0.2) is 47.4 Å². The minimum Gasteiger partial charge on any atom is -0.382 e. The monoisotopic (exact) mass is 661 g/mol. The average molecular weight is 662 g/mol. The number of hydrogen-bond acceptors (Lipinski definition) is 16. The molecule has 24 heteroatoms. The number of phosphoric ester groups is 1. The van der Waals surface area contributed by atoms with Gasteiger partial charge in [0.25, 0.3) is 0 Å². The van der Waals surface area contributed by atoms with Gasteiger partial charge in [0.2, 0.25) is 0 Å². The van der Waals surface area contributed by atoms with Crippen LogP contribution in [-0.4, -0.2) is 102 Å². The Hall–Kier alpha value is -3.54. The molecule has 44 heavy (non-hydrogen) atoms. The first kappa shape index (κ1) is 29.2. The summed E-state index contributed by atoms with van der Waals surface area (Å²) in [5, 5.41) is 0. The number of fused-ring (bicyclic) bond motifs is 5. The molecular formula is C20H22F2N11O9PS. The molecule has 0 saturated carbocycles. The first-order valence-corrected chi connectivity index (χ1v) is 15.6. The number of nitrogens with one attached hydrogen (secondary N) is 1. The van der Waals surface area contributed by atoms with E-state index in [1.807, 2.05) is 4.72 Å². The summed E-state index contributed by atoms with van der Waals surface area (Å²) in [5.41, 5.74) is 12.0. The lowest BCUT2D eigenvalue weighted by molar-refractivity contribution is -0.0507. The smallest absolute Gasteiger partial charge is 0.382 e. The van der Waals surface area contributed by atoms with E-state index in [2.05, 4.69) is 29.9 Å². The van der Waals surface area contributed by atoms with E-state index in [0.717, 1.165) is 29.9 Å². The van der Waals surface area contributed by atoms with Crippen LogP contribution in [0, 0.1) is 0 Å². The molecule has 20 nitrogen and oxygen atoms in total. The van der Waals surface area contributed by atoms with Gasteiger partial charge < -0.3 is 25.8 Å². The van der Waals surface area contributed by atoms with Crippen LogP contribution in [0.15, 0.2) is 25.3 Å². The molecule has 0 radical (unpaired) electrons. The maximum Gasteiger partial charge on any atom is 0.472 e. The fraction of sp³-hybridized carbons (Fsp3) is 0.500. The highest BCUT2D eigenvalue weighted by Gasteiger charge is 2.54. The molecule has 4 aromatic heterocycles. The van der Waals surface area contributed by atoms with Crippen molar-refractivity contribution in [3.8, 4) is 0 Å². The third-order valence-electron chi connectivity index (χ3n) is 7.21. The van der Waals surface area contributed by atoms with Gasteiger partial charge in [0.1, 0.15) is 42.0 Å². The van der Waals surface area contributed by atoms with Crippen LogP contribution in [0.1, 0.15) is 12.5 Å². The number of rotatable bonds is 2. The van der Waals surface area contributed by atoms with Crippen molar-refractivity contribution in [1.82, 2.24) is 43.8 Å². The molecule has 4 aromatic rings. The van der Waals surface area contributed by atoms with E-state index in [0.29, 0.717) is 0 Å². The lowest BCUT2D eigenvalue weighted by Crippen LogP contribution is -2.43. The Kier molecular flexibility index (Phi) is 6.98. The van der Waals surface area contributed by atoms with Crippen LogP contribution in [0.2, 0.25) is 0 Å². The maximum absolute atomic E-state index is 15.9. The number of hydrogen-bond donors (Lipinski definition) is 4. The van der Waals surface area contributed by atoms with Crippen LogP contribution < -0.4 is 16.2 Å². The van der Waals surface area contributed by atoms with Gasteiger partial charge in [-0.15, -0.1) is 0 Å². The second kappa shape index (κ2) is 10.5. The van der Waals surface area contributed by atoms with E-state index < -0.39 is 80.5 Å². The predicted octanol–water partition coefficient (Wildman–Crippen LogP) is -0.963. The van der Waals surface area contributed by atoms with E-state index in [4.69, 9.17) is 34.2 Å². The van der Waals surface area contributed by atoms with Gasteiger partial charge in [-0.05, 0) is 0 Å². The first-order chi connectivity index (χ1) is 20.9. The molecule has 3 aliphatic rings. The molecule has 2 bridgehead atoms. The topological polar surface area (TPSA) is 269 Å². The lowest BCUT2D eigenvalue weighted by Gasteiger charge is -2.24. The summed E-state index contributed by atoms with van der Waals surface area (Å²) >= 11 is 0. The van der Waals surface area contributed by atoms with Gasteiger partial charge in [0.15, 0.2) is 53.8 Å². The minimum atomic E-state index is -5.15. The van der Waals surface area contributed by atoms with Crippen molar-refractivity contribution in [3.63, 3.8) is 0 Å². The molecule has 236 valence electrons. The minimum absolute atomic E-state index is 0.0000524. The molecule has 0 aromatic carbocycles. The summed E-state index contributed by atoms with van der Waals surface area (Å²) in [6.45, 7) is -1.67. The molecule has 7 rings (SSSR count). The number of phosphoric acid groups is 1. The second-order valence-corrected chi connectivity index (χ2v) is 12.7. The fourth-order valence-corrected chi connectivity index (χ4v) is 7.08. The molecule has 0 spiro atoms. The third-order valence-corrected chi connectivity index (χ3v) is 9.19. The summed E-state index contributed by atoms with van der Waals surface area (Å²) in [6.07, 6.45) is -9.91. The summed E-state index contributed by atoms with van der Waals surface area (Å²) in [4.78, 5) is 34.3. The van der Waals surface area contributed by atoms with Gasteiger partial charge in [-0.3, -0.25) is 18.2 Å². The Labute approximate surface area is 244 Å². The predicted molar refractivity (Wildman–Crippen MR) is 140 cm³/mol. The van der Waals surface area contributed by atoms with Crippen molar-refractivity contribution in [2.24, 2.45) is 0 Å². The van der Waals surface area contributed by atoms with E-state index in [9.17, 15) is 17.9 Å². The zero-order chi connectivity index (χ0) is 31.0. The van der Waals surface area contributed by atoms with Crippen LogP contribution >= 0.6 is 7.82 Å². The van der Waals surface area contributed by atoms with Gasteiger partial charge in [-0.1, -0.05) is 0 Å². The molecule has 6 N–H and O–H groups in total. The molecule has 9 atom stereocenters. The number of aromatic nitrogens is 8. The zero-order valence-electron chi connectivity index (χ0n) is 21.9. The van der Waals surface area contributed by atoms with Crippen LogP contribution in [-0.2, 0) is 37.6 Å². The van der Waals surface area contributed by atoms with Crippen LogP contribution in [0.5, 0.6) is 0 Å². The number of alkyl halides is 2. The molecule has 7 heterocycles. The Balaban J connectivity index is 1.20. The number of imidazole rings is 2. The number of halogens is 2. The molecule has 3 aliphatic heterocycles. The van der Waals surface area contributed by atoms with Gasteiger partial charge in [0, 0.05) is 6.54 Å². The Morgan fingerprint density at radius 1 is 0.886 bits per heavy atom. The standard InChI is InChI=1S/C20H22F2N11O9PS/c21-9-8-2-38-43(34,35)41-13-7(39-19(10(13)22)32-5-29-11-15(23)25-3-27-17(11)32)1-31-44(36,37)42-14(9)20(40-8)33-6-30-12-16(24)26-4-28-18(12)33/h3-10,13-14,19-20,31H,1-2H2,(H,34,35)(H2,23,25,27)(H2,24,26,28). The fourth-order valence-electron chi connectivity index (χ4n) is 5.19. The Bertz CT molecular complexity index is 1900. The number of nitrogens with zero attached hydrogens (tertiary/aromatic N) is 8. The van der Waals surface area contributed by atoms with Crippen molar-refractivity contribution in [3.05, 3.63) is 25.3 Å². The number of ether oxygens (including phenoxy) is 2. The van der Waals surface area contributed by atoms with Crippen LogP contribution in [0.3, 0.4) is 0 Å². The molecular weight excluding hydrogens is 639 g/mol. The molecule has 3 saturated heterocycles. The van der Waals surface area contributed by atoms with Crippen molar-refractivity contribution in [1.29, 1.82) is 0 Å². The largest absolute Gasteiger partial charge is 0.472 e. The van der Waals surface area contributed by atoms with Gasteiger partial charge in [0.05, 0.1) is 19.3 Å². The van der Waals surface area contributed by atoms with E-state index >= 15 is 8.78 Å². The first-order valence-electron chi connectivity index (χ1n) is 12.7. The molecule has 9 unspecified atom stereocenters. The summed E-state index contributed by atoms with van der Waals surface area (Å²) in [6, 6.07) is 0. The van der Waals surface area contributed by atoms with Crippen LogP contribution in [0.4, 0.5) is 20.4 Å². The second-order valence-electron chi connectivity index (χ2n) is 9.88. The zero-order valence-corrected chi connectivity index (χ0v) is 23.6. The lowest BCUT2D eigenvalue weighted by atomic mass is 10.1. The summed E-state index contributed by atoms with van der Waals surface area (Å²) in [5.74, 6) is -0.00838. The highest BCUT2D eigenvalue weighted by Crippen LogP contribution is 2.50. The number of anilines is 2. The van der Waals surface area contributed by atoms with Crippen molar-refractivity contribution >= 4 is 52.1 Å². The van der Waals surface area contributed by atoms with Crippen molar-refractivity contribution < 1.29 is 49.4 Å². The van der Waals surface area contributed by atoms with Crippen molar-refractivity contribution in [2.75, 3.05) is 24.6 Å². The van der Waals surface area contributed by atoms with Crippen molar-refractivity contribution in [2.45, 2.75) is 49.2 Å². The van der Waals surface area contributed by atoms with Crippen LogP contribution in [0.25, 0.3) is 22.3 Å². The summed E-state index contributed by atoms with van der Waals surface area (Å²) in [7, 11) is -9.97. The molecule has 0 aliphatic carbocycles. The summed E-state index contributed by atoms with van der Waals surface area (Å²) < 4.78 is 102. The van der Waals surface area contributed by atoms with E-state index in [-0.39, 0.29) is 34.0 Å².